The molecule has 6 nitrogen and oxygen atoms in total. The van der Waals surface area contributed by atoms with Crippen LogP contribution in [0.3, 0.4) is 0 Å². The summed E-state index contributed by atoms with van der Waals surface area (Å²) in [5.41, 5.74) is 1.09. The number of hydrazone groups is 1. The zero-order valence-corrected chi connectivity index (χ0v) is 12.8. The number of nitrogens with zero attached hydrogens (tertiary/aromatic N) is 3. The van der Waals surface area contributed by atoms with Gasteiger partial charge >= 0.3 is 0 Å². The molecule has 1 aromatic rings. The number of aliphatic hydroxyl groups is 1. The first-order chi connectivity index (χ1) is 11.0. The van der Waals surface area contributed by atoms with Gasteiger partial charge in [-0.25, -0.2) is 9.40 Å². The number of carbonyl (C=O) groups excluding carboxylic acids is 2. The summed E-state index contributed by atoms with van der Waals surface area (Å²) in [5.74, 6) is -0.754. The zero-order valence-electron chi connectivity index (χ0n) is 12.8. The molecule has 2 amide bonds. The van der Waals surface area contributed by atoms with E-state index in [9.17, 15) is 19.1 Å². The average Bonchev–Trinajstić information content (AvgIpc) is 2.92. The number of aliphatic hydroxyl groups excluding tert-OH is 1. The molecule has 0 aliphatic carbocycles. The molecule has 2 heterocycles. The molecule has 0 aromatic heterocycles. The first-order valence-electron chi connectivity index (χ1n) is 7.54. The van der Waals surface area contributed by atoms with Crippen LogP contribution in [0.25, 0.3) is 0 Å². The topological polar surface area (TPSA) is 73.2 Å². The molecular formula is C16H18FN3O3. The maximum absolute atomic E-state index is 13.1. The minimum atomic E-state index is -0.627. The Labute approximate surface area is 133 Å². The van der Waals surface area contributed by atoms with Crippen molar-refractivity contribution in [3.8, 4) is 0 Å². The summed E-state index contributed by atoms with van der Waals surface area (Å²) in [7, 11) is 1.52. The maximum Gasteiger partial charge on any atom is 0.270 e. The lowest BCUT2D eigenvalue weighted by molar-refractivity contribution is -0.130. The summed E-state index contributed by atoms with van der Waals surface area (Å²) in [4.78, 5) is 25.7. The van der Waals surface area contributed by atoms with E-state index in [0.29, 0.717) is 18.6 Å². The molecule has 2 atom stereocenters. The Morgan fingerprint density at radius 3 is 2.65 bits per heavy atom. The van der Waals surface area contributed by atoms with E-state index in [4.69, 9.17) is 0 Å². The molecule has 0 saturated carbocycles. The van der Waals surface area contributed by atoms with Crippen molar-refractivity contribution in [3.63, 3.8) is 0 Å². The van der Waals surface area contributed by atoms with Crippen molar-refractivity contribution in [1.82, 2.24) is 9.91 Å². The first-order valence-corrected chi connectivity index (χ1v) is 7.54. The quantitative estimate of drug-likeness (QED) is 0.886. The lowest BCUT2D eigenvalue weighted by atomic mass is 10.0. The van der Waals surface area contributed by atoms with E-state index in [-0.39, 0.29) is 36.6 Å². The smallest absolute Gasteiger partial charge is 0.270 e. The number of carbonyl (C=O) groups is 2. The number of halogens is 1. The van der Waals surface area contributed by atoms with Gasteiger partial charge in [0.05, 0.1) is 12.1 Å². The molecule has 1 N–H and O–H groups in total. The van der Waals surface area contributed by atoms with Gasteiger partial charge in [-0.3, -0.25) is 9.59 Å². The number of benzene rings is 1. The van der Waals surface area contributed by atoms with Crippen LogP contribution in [-0.4, -0.2) is 52.2 Å². The molecule has 0 radical (unpaired) electrons. The van der Waals surface area contributed by atoms with Crippen molar-refractivity contribution >= 4 is 17.5 Å². The number of β-amino-alcohol motifs (C(OH)–C–C–N with tert-alkyl or cyclic N) is 1. The molecule has 7 heteroatoms. The van der Waals surface area contributed by atoms with Gasteiger partial charge in [0.25, 0.3) is 5.91 Å². The summed E-state index contributed by atoms with van der Waals surface area (Å²) in [6.07, 6.45) is 0.320. The van der Waals surface area contributed by atoms with E-state index in [1.165, 1.54) is 24.2 Å². The largest absolute Gasteiger partial charge is 0.391 e. The molecule has 0 unspecified atom stereocenters. The number of hydrogen-bond donors (Lipinski definition) is 1. The van der Waals surface area contributed by atoms with Crippen LogP contribution in [-0.2, 0) is 9.59 Å². The fourth-order valence-corrected chi connectivity index (χ4v) is 3.03. The van der Waals surface area contributed by atoms with Crippen LogP contribution in [0.1, 0.15) is 30.9 Å². The predicted molar refractivity (Wildman–Crippen MR) is 80.9 cm³/mol. The van der Waals surface area contributed by atoms with Gasteiger partial charge < -0.3 is 10.0 Å². The number of hydrogen-bond acceptors (Lipinski definition) is 4. The number of rotatable bonds is 2. The molecule has 1 fully saturated rings. The van der Waals surface area contributed by atoms with Crippen molar-refractivity contribution in [2.75, 3.05) is 13.6 Å². The van der Waals surface area contributed by atoms with E-state index in [2.05, 4.69) is 5.10 Å². The van der Waals surface area contributed by atoms with Gasteiger partial charge in [0.2, 0.25) is 5.91 Å². The van der Waals surface area contributed by atoms with Crippen LogP contribution >= 0.6 is 0 Å². The van der Waals surface area contributed by atoms with E-state index in [1.54, 1.807) is 17.0 Å². The Bertz CT molecular complexity index is 659. The fraction of sp³-hybridized carbons (Fsp3) is 0.438. The van der Waals surface area contributed by atoms with Crippen molar-refractivity contribution in [1.29, 1.82) is 0 Å². The normalized spacial score (nSPS) is 24.8. The van der Waals surface area contributed by atoms with Crippen LogP contribution in [0.5, 0.6) is 0 Å². The molecule has 2 aliphatic heterocycles. The van der Waals surface area contributed by atoms with E-state index in [0.717, 1.165) is 5.56 Å². The third-order valence-electron chi connectivity index (χ3n) is 4.25. The van der Waals surface area contributed by atoms with Crippen LogP contribution in [0.2, 0.25) is 0 Å². The fourth-order valence-electron chi connectivity index (χ4n) is 3.03. The summed E-state index contributed by atoms with van der Waals surface area (Å²) in [6.45, 7) is 0.206. The Morgan fingerprint density at radius 2 is 2.00 bits per heavy atom. The monoisotopic (exact) mass is 319 g/mol. The van der Waals surface area contributed by atoms with Crippen LogP contribution in [0.4, 0.5) is 4.39 Å². The van der Waals surface area contributed by atoms with Crippen molar-refractivity contribution in [3.05, 3.63) is 35.6 Å². The standard InChI is InChI=1S/C16H18FN3O3/c1-19-15(22)7-6-13(18-19)16(23)20-9-12(21)8-14(20)10-2-4-11(17)5-3-10/h2-5,12,14,21H,6-9H2,1H3/t12-,14-/m1/s1. The summed E-state index contributed by atoms with van der Waals surface area (Å²) >= 11 is 0. The Kier molecular flexibility index (Phi) is 4.12. The molecular weight excluding hydrogens is 301 g/mol. The highest BCUT2D eigenvalue weighted by atomic mass is 19.1. The van der Waals surface area contributed by atoms with E-state index < -0.39 is 6.10 Å². The first kappa shape index (κ1) is 15.6. The van der Waals surface area contributed by atoms with Gasteiger partial charge in [-0.05, 0) is 24.1 Å². The lowest BCUT2D eigenvalue weighted by Crippen LogP contribution is -2.40. The highest BCUT2D eigenvalue weighted by Gasteiger charge is 2.38. The summed E-state index contributed by atoms with van der Waals surface area (Å²) in [5, 5.41) is 15.2. The highest BCUT2D eigenvalue weighted by Crippen LogP contribution is 2.33. The molecule has 0 spiro atoms. The van der Waals surface area contributed by atoms with Crippen molar-refractivity contribution in [2.45, 2.75) is 31.4 Å². The third-order valence-corrected chi connectivity index (χ3v) is 4.25. The molecule has 122 valence electrons. The van der Waals surface area contributed by atoms with Crippen LogP contribution < -0.4 is 0 Å². The molecule has 2 aliphatic rings. The van der Waals surface area contributed by atoms with Crippen molar-refractivity contribution < 1.29 is 19.1 Å². The van der Waals surface area contributed by atoms with Crippen LogP contribution in [0, 0.1) is 5.82 Å². The maximum atomic E-state index is 13.1. The van der Waals surface area contributed by atoms with Gasteiger partial charge in [-0.15, -0.1) is 0 Å². The second-order valence-electron chi connectivity index (χ2n) is 5.88. The van der Waals surface area contributed by atoms with Gasteiger partial charge in [-0.2, -0.15) is 5.10 Å². The molecule has 0 bridgehead atoms. The minimum absolute atomic E-state index is 0.127. The Balaban J connectivity index is 1.85. The van der Waals surface area contributed by atoms with Gasteiger partial charge in [0.1, 0.15) is 11.5 Å². The van der Waals surface area contributed by atoms with E-state index >= 15 is 0 Å². The summed E-state index contributed by atoms with van der Waals surface area (Å²) < 4.78 is 13.1. The second kappa shape index (κ2) is 6.08. The lowest BCUT2D eigenvalue weighted by Gasteiger charge is -2.27. The zero-order chi connectivity index (χ0) is 16.6. The van der Waals surface area contributed by atoms with E-state index in [1.807, 2.05) is 0 Å². The molecule has 1 saturated heterocycles. The SMILES string of the molecule is CN1N=C(C(=O)N2C[C@H](O)C[C@@H]2c2ccc(F)cc2)CCC1=O. The molecule has 23 heavy (non-hydrogen) atoms. The number of amides is 2. The molecule has 1 aromatic carbocycles. The molecule has 3 rings (SSSR count). The number of likely N-dealkylation sites (tertiary alicyclic amines) is 1. The average molecular weight is 319 g/mol. The second-order valence-corrected chi connectivity index (χ2v) is 5.88. The van der Waals surface area contributed by atoms with Crippen molar-refractivity contribution in [2.24, 2.45) is 5.10 Å². The van der Waals surface area contributed by atoms with Gasteiger partial charge in [-0.1, -0.05) is 12.1 Å². The minimum Gasteiger partial charge on any atom is -0.391 e. The van der Waals surface area contributed by atoms with Gasteiger partial charge in [0, 0.05) is 26.4 Å². The Morgan fingerprint density at radius 1 is 1.30 bits per heavy atom. The third kappa shape index (κ3) is 3.10. The summed E-state index contributed by atoms with van der Waals surface area (Å²) in [6, 6.07) is 5.61. The highest BCUT2D eigenvalue weighted by molar-refractivity contribution is 6.39. The van der Waals surface area contributed by atoms with Crippen LogP contribution in [0.15, 0.2) is 29.4 Å². The predicted octanol–water partition coefficient (Wildman–Crippen LogP) is 1.07. The van der Waals surface area contributed by atoms with Gasteiger partial charge in [0.15, 0.2) is 0 Å². The Hall–Kier alpha value is -2.28.